The Morgan fingerprint density at radius 2 is 2.14 bits per heavy atom. The van der Waals surface area contributed by atoms with E-state index in [1.807, 2.05) is 25.2 Å². The van der Waals surface area contributed by atoms with E-state index in [-0.39, 0.29) is 5.97 Å². The van der Waals surface area contributed by atoms with Crippen LogP contribution in [-0.2, 0) is 9.53 Å². The molecule has 0 bridgehead atoms. The lowest BCUT2D eigenvalue weighted by Crippen LogP contribution is -1.98. The van der Waals surface area contributed by atoms with Gasteiger partial charge in [-0.05, 0) is 25.5 Å². The minimum atomic E-state index is -0.333. The summed E-state index contributed by atoms with van der Waals surface area (Å²) in [6.07, 6.45) is 10.4. The number of hydrogen-bond acceptors (Lipinski definition) is 2. The second-order valence-corrected chi connectivity index (χ2v) is 2.48. The molecule has 0 aromatic heterocycles. The van der Waals surface area contributed by atoms with E-state index in [4.69, 9.17) is 4.74 Å². The molecule has 2 heteroatoms. The van der Waals surface area contributed by atoms with Crippen molar-refractivity contribution in [2.24, 2.45) is 0 Å². The predicted molar refractivity (Wildman–Crippen MR) is 58.9 cm³/mol. The van der Waals surface area contributed by atoms with Crippen LogP contribution < -0.4 is 0 Å². The largest absolute Gasteiger partial charge is 0.463 e. The molecule has 0 unspecified atom stereocenters. The topological polar surface area (TPSA) is 26.3 Å². The molecular weight excluding hydrogens is 176 g/mol. The van der Waals surface area contributed by atoms with Gasteiger partial charge in [-0.25, -0.2) is 4.79 Å². The van der Waals surface area contributed by atoms with Crippen LogP contribution in [0.4, 0.5) is 0 Å². The van der Waals surface area contributed by atoms with Crippen LogP contribution in [0.15, 0.2) is 48.6 Å². The molecule has 0 aliphatic carbocycles. The molecule has 0 saturated heterocycles. The van der Waals surface area contributed by atoms with E-state index in [9.17, 15) is 4.79 Å². The fraction of sp³-hybridized carbons (Fsp3) is 0.250. The third-order valence-corrected chi connectivity index (χ3v) is 1.42. The standard InChI is InChI=1S/C12H16O2/c1-4-7-8-11(5-2)9-10-12(13)14-6-3/h4-5,7-10H,2,6H2,1,3H3/b7-4-,10-9+,11-8+. The number of esters is 1. The maximum absolute atomic E-state index is 10.9. The van der Waals surface area contributed by atoms with Crippen molar-refractivity contribution in [3.8, 4) is 0 Å². The quantitative estimate of drug-likeness (QED) is 0.380. The normalized spacial score (nSPS) is 12.3. The summed E-state index contributed by atoms with van der Waals surface area (Å²) in [6, 6.07) is 0. The smallest absolute Gasteiger partial charge is 0.330 e. The Labute approximate surface area is 85.3 Å². The molecule has 0 spiro atoms. The number of ether oxygens (including phenoxy) is 1. The molecule has 0 radical (unpaired) electrons. The molecule has 0 N–H and O–H groups in total. The summed E-state index contributed by atoms with van der Waals surface area (Å²) >= 11 is 0. The third-order valence-electron chi connectivity index (χ3n) is 1.42. The molecule has 0 aromatic rings. The molecule has 0 aliphatic heterocycles. The summed E-state index contributed by atoms with van der Waals surface area (Å²) in [5, 5.41) is 0. The van der Waals surface area contributed by atoms with Crippen molar-refractivity contribution in [2.75, 3.05) is 6.61 Å². The zero-order valence-electron chi connectivity index (χ0n) is 8.69. The molecule has 76 valence electrons. The summed E-state index contributed by atoms with van der Waals surface area (Å²) in [4.78, 5) is 10.9. The fourth-order valence-electron chi connectivity index (χ4n) is 0.754. The van der Waals surface area contributed by atoms with E-state index in [1.54, 1.807) is 19.1 Å². The second-order valence-electron chi connectivity index (χ2n) is 2.48. The first kappa shape index (κ1) is 12.4. The Hall–Kier alpha value is -1.57. The zero-order valence-corrected chi connectivity index (χ0v) is 8.69. The second kappa shape index (κ2) is 8.05. The first-order valence-corrected chi connectivity index (χ1v) is 4.54. The van der Waals surface area contributed by atoms with Gasteiger partial charge >= 0.3 is 5.97 Å². The van der Waals surface area contributed by atoms with Gasteiger partial charge in [0.25, 0.3) is 0 Å². The van der Waals surface area contributed by atoms with Crippen molar-refractivity contribution < 1.29 is 9.53 Å². The molecule has 0 rings (SSSR count). The highest BCUT2D eigenvalue weighted by molar-refractivity contribution is 5.82. The molecule has 0 aliphatic rings. The molecule has 2 nitrogen and oxygen atoms in total. The Morgan fingerprint density at radius 3 is 2.64 bits per heavy atom. The van der Waals surface area contributed by atoms with E-state index in [0.29, 0.717) is 6.61 Å². The number of carbonyl (C=O) groups excluding carboxylic acids is 1. The average molecular weight is 192 g/mol. The first-order chi connectivity index (χ1) is 6.74. The van der Waals surface area contributed by atoms with Crippen molar-refractivity contribution in [1.82, 2.24) is 0 Å². The highest BCUT2D eigenvalue weighted by Gasteiger charge is 1.92. The monoisotopic (exact) mass is 192 g/mol. The maximum Gasteiger partial charge on any atom is 0.330 e. The van der Waals surface area contributed by atoms with Crippen molar-refractivity contribution >= 4 is 5.97 Å². The van der Waals surface area contributed by atoms with Crippen LogP contribution in [-0.4, -0.2) is 12.6 Å². The summed E-state index contributed by atoms with van der Waals surface area (Å²) in [6.45, 7) is 7.72. The zero-order chi connectivity index (χ0) is 10.8. The minimum Gasteiger partial charge on any atom is -0.463 e. The lowest BCUT2D eigenvalue weighted by atomic mass is 10.2. The van der Waals surface area contributed by atoms with E-state index < -0.39 is 0 Å². The fourth-order valence-corrected chi connectivity index (χ4v) is 0.754. The Bertz CT molecular complexity index is 270. The van der Waals surface area contributed by atoms with Crippen molar-refractivity contribution in [1.29, 1.82) is 0 Å². The van der Waals surface area contributed by atoms with E-state index >= 15 is 0 Å². The van der Waals surface area contributed by atoms with Gasteiger partial charge in [0.15, 0.2) is 0 Å². The highest BCUT2D eigenvalue weighted by atomic mass is 16.5. The van der Waals surface area contributed by atoms with Crippen molar-refractivity contribution in [3.05, 3.63) is 48.6 Å². The van der Waals surface area contributed by atoms with Crippen LogP contribution in [0.3, 0.4) is 0 Å². The third kappa shape index (κ3) is 6.00. The van der Waals surface area contributed by atoms with Gasteiger partial charge in [0, 0.05) is 6.08 Å². The molecule has 0 heterocycles. The molecule has 0 atom stereocenters. The van der Waals surface area contributed by atoms with Crippen molar-refractivity contribution in [2.45, 2.75) is 13.8 Å². The van der Waals surface area contributed by atoms with Gasteiger partial charge in [0.05, 0.1) is 6.61 Å². The van der Waals surface area contributed by atoms with E-state index in [2.05, 4.69) is 6.58 Å². The van der Waals surface area contributed by atoms with Gasteiger partial charge in [-0.1, -0.05) is 30.9 Å². The lowest BCUT2D eigenvalue weighted by molar-refractivity contribution is -0.137. The Balaban J connectivity index is 4.31. The van der Waals surface area contributed by atoms with Gasteiger partial charge < -0.3 is 4.74 Å². The summed E-state index contributed by atoms with van der Waals surface area (Å²) in [5.41, 5.74) is 0.871. The van der Waals surface area contributed by atoms with Crippen LogP contribution in [0, 0.1) is 0 Å². The van der Waals surface area contributed by atoms with Gasteiger partial charge in [-0.3, -0.25) is 0 Å². The molecule has 0 saturated carbocycles. The van der Waals surface area contributed by atoms with Crippen LogP contribution in [0.2, 0.25) is 0 Å². The summed E-state index contributed by atoms with van der Waals surface area (Å²) in [5.74, 6) is -0.333. The first-order valence-electron chi connectivity index (χ1n) is 4.54. The lowest BCUT2D eigenvalue weighted by Gasteiger charge is -1.94. The Kier molecular flexibility index (Phi) is 7.15. The number of allylic oxidation sites excluding steroid dienone is 6. The van der Waals surface area contributed by atoms with Crippen LogP contribution in [0.5, 0.6) is 0 Å². The Morgan fingerprint density at radius 1 is 1.43 bits per heavy atom. The van der Waals surface area contributed by atoms with Crippen LogP contribution in [0.1, 0.15) is 13.8 Å². The summed E-state index contributed by atoms with van der Waals surface area (Å²) < 4.78 is 4.74. The molecule has 0 amide bonds. The van der Waals surface area contributed by atoms with Crippen LogP contribution in [0.25, 0.3) is 0 Å². The molecule has 0 fully saturated rings. The summed E-state index contributed by atoms with van der Waals surface area (Å²) in [7, 11) is 0. The SMILES string of the molecule is C=CC(/C=C/C(=O)OCC)=C\C=C/C. The van der Waals surface area contributed by atoms with Gasteiger partial charge in [-0.2, -0.15) is 0 Å². The minimum absolute atomic E-state index is 0.333. The number of hydrogen-bond donors (Lipinski definition) is 0. The molecule has 0 aromatic carbocycles. The van der Waals surface area contributed by atoms with Gasteiger partial charge in [0.1, 0.15) is 0 Å². The average Bonchev–Trinajstić information content (AvgIpc) is 2.19. The van der Waals surface area contributed by atoms with E-state index in [0.717, 1.165) is 5.57 Å². The molecule has 14 heavy (non-hydrogen) atoms. The van der Waals surface area contributed by atoms with Gasteiger partial charge in [0.2, 0.25) is 0 Å². The van der Waals surface area contributed by atoms with Gasteiger partial charge in [-0.15, -0.1) is 0 Å². The maximum atomic E-state index is 10.9. The predicted octanol–water partition coefficient (Wildman–Crippen LogP) is 2.79. The number of rotatable bonds is 5. The molecular formula is C12H16O2. The number of carbonyl (C=O) groups is 1. The van der Waals surface area contributed by atoms with E-state index in [1.165, 1.54) is 6.08 Å². The van der Waals surface area contributed by atoms with Crippen LogP contribution >= 0.6 is 0 Å². The highest BCUT2D eigenvalue weighted by Crippen LogP contribution is 1.99. The van der Waals surface area contributed by atoms with Crippen molar-refractivity contribution in [3.63, 3.8) is 0 Å².